The fourth-order valence-electron chi connectivity index (χ4n) is 4.59. The number of benzene rings is 3. The SMILES string of the molecule is CC(C)c1nc(-c2ccccc2Cc2ccccc2)cc(-c2ccc(F)cc2)c1C#CP(=O)(O)CC(O)CC(=O)O. The zero-order valence-corrected chi connectivity index (χ0v) is 23.7. The standard InChI is InChI=1S/C33H31FNO5P/c1-22(2)33-29(16-17-41(39,40)21-27(36)19-32(37)38)30(24-12-14-26(34)15-13-24)20-31(35-33)28-11-7-6-10-25(28)18-23-8-4-3-5-9-23/h3-15,20,22,27,36H,18-19,21H2,1-2H3,(H,37,38)(H,39,40). The summed E-state index contributed by atoms with van der Waals surface area (Å²) >= 11 is 0. The van der Waals surface area contributed by atoms with Gasteiger partial charge in [-0.2, -0.15) is 0 Å². The lowest BCUT2D eigenvalue weighted by atomic mass is 9.91. The molecule has 4 rings (SSSR count). The number of rotatable bonds is 9. The van der Waals surface area contributed by atoms with E-state index >= 15 is 0 Å². The maximum Gasteiger partial charge on any atom is 0.305 e. The minimum Gasteiger partial charge on any atom is -0.481 e. The molecule has 2 atom stereocenters. The van der Waals surface area contributed by atoms with E-state index < -0.39 is 37.8 Å². The van der Waals surface area contributed by atoms with Gasteiger partial charge in [-0.3, -0.25) is 14.3 Å². The van der Waals surface area contributed by atoms with E-state index in [-0.39, 0.29) is 5.92 Å². The summed E-state index contributed by atoms with van der Waals surface area (Å²) in [5, 5.41) is 18.8. The minimum absolute atomic E-state index is 0.129. The van der Waals surface area contributed by atoms with Gasteiger partial charge in [0, 0.05) is 11.1 Å². The molecule has 0 fully saturated rings. The average Bonchev–Trinajstić information content (AvgIpc) is 2.92. The van der Waals surface area contributed by atoms with Crippen LogP contribution in [0.1, 0.15) is 48.6 Å². The Morgan fingerprint density at radius 3 is 2.29 bits per heavy atom. The van der Waals surface area contributed by atoms with Gasteiger partial charge in [0.2, 0.25) is 0 Å². The summed E-state index contributed by atoms with van der Waals surface area (Å²) in [6.45, 7) is 3.88. The number of pyridine rings is 1. The smallest absolute Gasteiger partial charge is 0.305 e. The summed E-state index contributed by atoms with van der Waals surface area (Å²) in [4.78, 5) is 26.3. The predicted octanol–water partition coefficient (Wildman–Crippen LogP) is 6.68. The molecule has 3 N–H and O–H groups in total. The Hall–Kier alpha value is -4.08. The lowest BCUT2D eigenvalue weighted by molar-refractivity contribution is -0.138. The lowest BCUT2D eigenvalue weighted by Crippen LogP contribution is -2.17. The van der Waals surface area contributed by atoms with E-state index in [9.17, 15) is 23.7 Å². The lowest BCUT2D eigenvalue weighted by Gasteiger charge is -2.18. The number of aromatic nitrogens is 1. The Bertz CT molecular complexity index is 1640. The summed E-state index contributed by atoms with van der Waals surface area (Å²) in [6, 6.07) is 25.8. The molecule has 0 amide bonds. The zero-order valence-electron chi connectivity index (χ0n) is 22.8. The Labute approximate surface area is 239 Å². The number of hydrogen-bond acceptors (Lipinski definition) is 4. The number of aliphatic hydroxyl groups excluding tert-OH is 1. The van der Waals surface area contributed by atoms with E-state index in [2.05, 4.69) is 29.8 Å². The van der Waals surface area contributed by atoms with Crippen molar-refractivity contribution in [3.63, 3.8) is 0 Å². The van der Waals surface area contributed by atoms with Crippen LogP contribution in [0.15, 0.2) is 84.9 Å². The number of carboxylic acids is 1. The van der Waals surface area contributed by atoms with Crippen LogP contribution in [-0.4, -0.2) is 38.3 Å². The number of hydrogen-bond donors (Lipinski definition) is 3. The molecule has 1 aromatic heterocycles. The van der Waals surface area contributed by atoms with Gasteiger partial charge < -0.3 is 15.1 Å². The topological polar surface area (TPSA) is 108 Å². The second kappa shape index (κ2) is 13.1. The third-order valence-corrected chi connectivity index (χ3v) is 7.88. The molecule has 2 unspecified atom stereocenters. The summed E-state index contributed by atoms with van der Waals surface area (Å²) in [7, 11) is -4.22. The molecule has 0 saturated carbocycles. The van der Waals surface area contributed by atoms with Gasteiger partial charge in [-0.25, -0.2) is 4.39 Å². The van der Waals surface area contributed by atoms with Crippen LogP contribution >= 0.6 is 7.37 Å². The molecule has 0 aliphatic heterocycles. The van der Waals surface area contributed by atoms with Gasteiger partial charge in [0.1, 0.15) is 5.82 Å². The quantitative estimate of drug-likeness (QED) is 0.153. The van der Waals surface area contributed by atoms with Crippen molar-refractivity contribution in [2.45, 2.75) is 38.7 Å². The largest absolute Gasteiger partial charge is 0.481 e. The van der Waals surface area contributed by atoms with Crippen LogP contribution in [0.4, 0.5) is 4.39 Å². The minimum atomic E-state index is -4.22. The first kappa shape index (κ1) is 29.9. The van der Waals surface area contributed by atoms with Crippen LogP contribution in [0.25, 0.3) is 22.4 Å². The van der Waals surface area contributed by atoms with Gasteiger partial charge in [-0.05, 0) is 52.9 Å². The molecule has 0 aliphatic rings. The van der Waals surface area contributed by atoms with E-state index in [1.807, 2.05) is 56.3 Å². The normalized spacial score (nSPS) is 13.2. The first-order chi connectivity index (χ1) is 19.5. The highest BCUT2D eigenvalue weighted by molar-refractivity contribution is 7.63. The van der Waals surface area contributed by atoms with Crippen LogP contribution in [0.5, 0.6) is 0 Å². The average molecular weight is 572 g/mol. The van der Waals surface area contributed by atoms with Crippen LogP contribution in [0.3, 0.4) is 0 Å². The van der Waals surface area contributed by atoms with Crippen molar-refractivity contribution in [1.82, 2.24) is 4.98 Å². The van der Waals surface area contributed by atoms with Crippen molar-refractivity contribution in [2.24, 2.45) is 0 Å². The van der Waals surface area contributed by atoms with Crippen molar-refractivity contribution >= 4 is 13.3 Å². The Balaban J connectivity index is 1.88. The van der Waals surface area contributed by atoms with Crippen LogP contribution in [-0.2, 0) is 15.8 Å². The van der Waals surface area contributed by atoms with E-state index in [1.165, 1.54) is 12.1 Å². The number of aliphatic carboxylic acids is 1. The fourth-order valence-corrected chi connectivity index (χ4v) is 5.67. The van der Waals surface area contributed by atoms with Crippen molar-refractivity contribution in [3.8, 4) is 34.0 Å². The zero-order chi connectivity index (χ0) is 29.6. The van der Waals surface area contributed by atoms with Crippen molar-refractivity contribution in [1.29, 1.82) is 0 Å². The second-order valence-electron chi connectivity index (χ2n) is 10.2. The van der Waals surface area contributed by atoms with Gasteiger partial charge in [-0.15, -0.1) is 0 Å². The van der Waals surface area contributed by atoms with Crippen molar-refractivity contribution in [3.05, 3.63) is 113 Å². The third-order valence-electron chi connectivity index (χ3n) is 6.50. The van der Waals surface area contributed by atoms with Crippen molar-refractivity contribution in [2.75, 3.05) is 6.16 Å². The van der Waals surface area contributed by atoms with Crippen molar-refractivity contribution < 1.29 is 28.9 Å². The molecule has 4 aromatic rings. The molecule has 210 valence electrons. The highest BCUT2D eigenvalue weighted by Crippen LogP contribution is 2.41. The molecule has 0 saturated heterocycles. The summed E-state index contributed by atoms with van der Waals surface area (Å²) in [6.07, 6.45) is -2.16. The molecule has 0 radical (unpaired) electrons. The van der Waals surface area contributed by atoms with Crippen LogP contribution in [0.2, 0.25) is 0 Å². The molecule has 3 aromatic carbocycles. The van der Waals surface area contributed by atoms with E-state index in [0.29, 0.717) is 34.5 Å². The molecular formula is C33H31FNO5P. The predicted molar refractivity (Wildman–Crippen MR) is 158 cm³/mol. The second-order valence-corrected chi connectivity index (χ2v) is 12.2. The molecular weight excluding hydrogens is 540 g/mol. The van der Waals surface area contributed by atoms with E-state index in [0.717, 1.165) is 16.7 Å². The van der Waals surface area contributed by atoms with E-state index in [4.69, 9.17) is 10.1 Å². The number of carboxylic acid groups (broad SMARTS) is 1. The summed E-state index contributed by atoms with van der Waals surface area (Å²) < 4.78 is 26.7. The first-order valence-corrected chi connectivity index (χ1v) is 15.0. The highest BCUT2D eigenvalue weighted by atomic mass is 31.2. The number of carbonyl (C=O) groups is 1. The first-order valence-electron chi connectivity index (χ1n) is 13.2. The molecule has 41 heavy (non-hydrogen) atoms. The maximum absolute atomic E-state index is 13.9. The van der Waals surface area contributed by atoms with Gasteiger partial charge >= 0.3 is 5.97 Å². The molecule has 0 bridgehead atoms. The molecule has 6 nitrogen and oxygen atoms in total. The Morgan fingerprint density at radius 1 is 0.976 bits per heavy atom. The fraction of sp³-hybridized carbons (Fsp3) is 0.212. The summed E-state index contributed by atoms with van der Waals surface area (Å²) in [5.74, 6) is 1.02. The van der Waals surface area contributed by atoms with Gasteiger partial charge in [0.05, 0.1) is 35.6 Å². The van der Waals surface area contributed by atoms with Crippen LogP contribution < -0.4 is 0 Å². The molecule has 0 spiro atoms. The van der Waals surface area contributed by atoms with Gasteiger partial charge in [-0.1, -0.05) is 86.5 Å². The molecule has 0 aliphatic carbocycles. The highest BCUT2D eigenvalue weighted by Gasteiger charge is 2.24. The number of halogens is 1. The summed E-state index contributed by atoms with van der Waals surface area (Å²) in [5.41, 5.74) is 8.50. The number of nitrogens with zero attached hydrogens (tertiary/aromatic N) is 1. The Kier molecular flexibility index (Phi) is 9.52. The monoisotopic (exact) mass is 571 g/mol. The third kappa shape index (κ3) is 7.99. The molecule has 1 heterocycles. The van der Waals surface area contributed by atoms with Gasteiger partial charge in [0.15, 0.2) is 0 Å². The van der Waals surface area contributed by atoms with Gasteiger partial charge in [0.25, 0.3) is 7.37 Å². The Morgan fingerprint density at radius 2 is 1.63 bits per heavy atom. The van der Waals surface area contributed by atoms with E-state index in [1.54, 1.807) is 12.1 Å². The van der Waals surface area contributed by atoms with Crippen LogP contribution in [0, 0.1) is 17.4 Å². The number of aliphatic hydroxyl groups is 1. The maximum atomic E-state index is 13.9. The molecule has 8 heteroatoms.